The fraction of sp³-hybridized carbons (Fsp3) is 0.318. The summed E-state index contributed by atoms with van der Waals surface area (Å²) in [5.41, 5.74) is 1.82. The predicted octanol–water partition coefficient (Wildman–Crippen LogP) is 4.03. The molecule has 3 rings (SSSR count). The highest BCUT2D eigenvalue weighted by Crippen LogP contribution is 2.26. The molecule has 1 amide bonds. The summed E-state index contributed by atoms with van der Waals surface area (Å²) in [7, 11) is -3.34. The lowest BCUT2D eigenvalue weighted by Crippen LogP contribution is -2.45. The second-order valence-electron chi connectivity index (χ2n) is 8.25. The highest BCUT2D eigenvalue weighted by atomic mass is 32.2. The maximum Gasteiger partial charge on any atom is 0.277 e. The Hall–Kier alpha value is -2.85. The zero-order valence-electron chi connectivity index (χ0n) is 18.4. The van der Waals surface area contributed by atoms with Crippen molar-refractivity contribution in [3.05, 3.63) is 60.2 Å². The summed E-state index contributed by atoms with van der Waals surface area (Å²) in [5, 5.41) is 8.34. The first-order chi connectivity index (χ1) is 15.0. The van der Waals surface area contributed by atoms with Crippen molar-refractivity contribution in [1.29, 1.82) is 0 Å². The van der Waals surface area contributed by atoms with Gasteiger partial charge in [-0.1, -0.05) is 42.1 Å². The van der Waals surface area contributed by atoms with Crippen molar-refractivity contribution in [3.63, 3.8) is 0 Å². The number of carbonyl (C=O) groups is 1. The van der Waals surface area contributed by atoms with Crippen molar-refractivity contribution < 1.29 is 17.6 Å². The summed E-state index contributed by atoms with van der Waals surface area (Å²) in [6, 6.07) is 16.5. The molecule has 0 aliphatic carbocycles. The fourth-order valence-electron chi connectivity index (χ4n) is 2.95. The van der Waals surface area contributed by atoms with Crippen LogP contribution in [0.5, 0.6) is 0 Å². The van der Waals surface area contributed by atoms with Crippen molar-refractivity contribution >= 4 is 33.4 Å². The Morgan fingerprint density at radius 2 is 1.72 bits per heavy atom. The molecular weight excluding hydrogens is 448 g/mol. The number of benzene rings is 2. The maximum atomic E-state index is 13.0. The van der Waals surface area contributed by atoms with Crippen LogP contribution in [0.3, 0.4) is 0 Å². The summed E-state index contributed by atoms with van der Waals surface area (Å²) in [5.74, 6) is 0.438. The van der Waals surface area contributed by atoms with E-state index in [2.05, 4.69) is 14.9 Å². The Bertz CT molecular complexity index is 1150. The van der Waals surface area contributed by atoms with Crippen molar-refractivity contribution in [1.82, 2.24) is 15.1 Å². The molecule has 0 aliphatic rings. The standard InChI is InChI=1S/C22H26N4O4S2/c1-22(2,3)26(14-16-8-6-5-7-9-16)19(27)15-31-21-24-23-20(30-21)17-10-12-18(13-11-17)25-32(4,28)29/h5-13,25H,14-15H2,1-4H3. The first kappa shape index (κ1) is 23.8. The number of carbonyl (C=O) groups excluding carboxylic acids is 1. The third-order valence-electron chi connectivity index (χ3n) is 4.45. The molecule has 1 aromatic heterocycles. The zero-order chi connectivity index (χ0) is 23.4. The summed E-state index contributed by atoms with van der Waals surface area (Å²) < 4.78 is 30.7. The van der Waals surface area contributed by atoms with E-state index in [0.717, 1.165) is 11.8 Å². The summed E-state index contributed by atoms with van der Waals surface area (Å²) >= 11 is 1.19. The summed E-state index contributed by atoms with van der Waals surface area (Å²) in [6.07, 6.45) is 1.09. The van der Waals surface area contributed by atoms with Crippen LogP contribution in [0.25, 0.3) is 11.5 Å². The Morgan fingerprint density at radius 3 is 2.31 bits per heavy atom. The van der Waals surface area contributed by atoms with Crippen LogP contribution in [0, 0.1) is 0 Å². The van der Waals surface area contributed by atoms with Gasteiger partial charge in [0.2, 0.25) is 21.8 Å². The Kier molecular flexibility index (Phi) is 7.25. The Balaban J connectivity index is 1.64. The lowest BCUT2D eigenvalue weighted by Gasteiger charge is -2.35. The van der Waals surface area contributed by atoms with Crippen LogP contribution in [-0.4, -0.2) is 47.0 Å². The number of amides is 1. The van der Waals surface area contributed by atoms with Crippen molar-refractivity contribution in [2.75, 3.05) is 16.7 Å². The fourth-order valence-corrected chi connectivity index (χ4v) is 4.15. The number of hydrogen-bond donors (Lipinski definition) is 1. The topological polar surface area (TPSA) is 105 Å². The molecule has 8 nitrogen and oxygen atoms in total. The van der Waals surface area contributed by atoms with Crippen LogP contribution in [0.2, 0.25) is 0 Å². The van der Waals surface area contributed by atoms with E-state index >= 15 is 0 Å². The molecule has 32 heavy (non-hydrogen) atoms. The van der Waals surface area contributed by atoms with Gasteiger partial charge in [0.1, 0.15) is 0 Å². The van der Waals surface area contributed by atoms with E-state index in [-0.39, 0.29) is 17.2 Å². The van der Waals surface area contributed by atoms with E-state index in [1.165, 1.54) is 11.8 Å². The van der Waals surface area contributed by atoms with Gasteiger partial charge in [0.25, 0.3) is 5.22 Å². The third kappa shape index (κ3) is 6.83. The maximum absolute atomic E-state index is 13.0. The van der Waals surface area contributed by atoms with Gasteiger partial charge in [-0.15, -0.1) is 10.2 Å². The van der Waals surface area contributed by atoms with Crippen LogP contribution in [0.4, 0.5) is 5.69 Å². The van der Waals surface area contributed by atoms with Crippen LogP contribution >= 0.6 is 11.8 Å². The van der Waals surface area contributed by atoms with E-state index in [9.17, 15) is 13.2 Å². The smallest absolute Gasteiger partial charge is 0.277 e. The van der Waals surface area contributed by atoms with Gasteiger partial charge >= 0.3 is 0 Å². The Labute approximate surface area is 192 Å². The second-order valence-corrected chi connectivity index (χ2v) is 10.9. The number of aromatic nitrogens is 2. The second kappa shape index (κ2) is 9.74. The summed E-state index contributed by atoms with van der Waals surface area (Å²) in [6.45, 7) is 6.54. The van der Waals surface area contributed by atoms with Gasteiger partial charge in [-0.05, 0) is 50.6 Å². The first-order valence-electron chi connectivity index (χ1n) is 9.90. The number of hydrogen-bond acceptors (Lipinski definition) is 7. The van der Waals surface area contributed by atoms with Crippen molar-refractivity contribution in [2.45, 2.75) is 38.1 Å². The van der Waals surface area contributed by atoms with Gasteiger partial charge in [-0.3, -0.25) is 9.52 Å². The van der Waals surface area contributed by atoms with Crippen LogP contribution in [-0.2, 0) is 21.4 Å². The minimum atomic E-state index is -3.34. The average Bonchev–Trinajstić information content (AvgIpc) is 3.19. The quantitative estimate of drug-likeness (QED) is 0.491. The normalized spacial score (nSPS) is 11.9. The molecule has 2 aromatic carbocycles. The molecule has 0 saturated heterocycles. The van der Waals surface area contributed by atoms with E-state index in [1.54, 1.807) is 24.3 Å². The number of rotatable bonds is 8. The van der Waals surface area contributed by atoms with E-state index in [0.29, 0.717) is 28.9 Å². The minimum absolute atomic E-state index is 0.0256. The van der Waals surface area contributed by atoms with Gasteiger partial charge in [0.05, 0.1) is 12.0 Å². The lowest BCUT2D eigenvalue weighted by atomic mass is 10.0. The van der Waals surface area contributed by atoms with Gasteiger partial charge in [0, 0.05) is 23.3 Å². The zero-order valence-corrected chi connectivity index (χ0v) is 20.0. The molecule has 0 spiro atoms. The third-order valence-corrected chi connectivity index (χ3v) is 5.86. The predicted molar refractivity (Wildman–Crippen MR) is 126 cm³/mol. The number of nitrogens with zero attached hydrogens (tertiary/aromatic N) is 3. The number of sulfonamides is 1. The molecule has 10 heteroatoms. The van der Waals surface area contributed by atoms with Gasteiger partial charge in [-0.25, -0.2) is 8.42 Å². The molecule has 0 atom stereocenters. The van der Waals surface area contributed by atoms with Gasteiger partial charge < -0.3 is 9.32 Å². The molecule has 1 N–H and O–H groups in total. The summed E-state index contributed by atoms with van der Waals surface area (Å²) in [4.78, 5) is 14.8. The number of anilines is 1. The Morgan fingerprint density at radius 1 is 1.06 bits per heavy atom. The highest BCUT2D eigenvalue weighted by Gasteiger charge is 2.27. The molecule has 0 saturated carbocycles. The van der Waals surface area contributed by atoms with Crippen molar-refractivity contribution in [3.8, 4) is 11.5 Å². The average molecular weight is 475 g/mol. The molecule has 0 aliphatic heterocycles. The van der Waals surface area contributed by atoms with Gasteiger partial charge in [0.15, 0.2) is 0 Å². The molecule has 0 radical (unpaired) electrons. The largest absolute Gasteiger partial charge is 0.411 e. The monoisotopic (exact) mass is 474 g/mol. The van der Waals surface area contributed by atoms with Crippen LogP contribution < -0.4 is 4.72 Å². The molecule has 1 heterocycles. The molecule has 0 bridgehead atoms. The first-order valence-corrected chi connectivity index (χ1v) is 12.8. The molecular formula is C22H26N4O4S2. The van der Waals surface area contributed by atoms with E-state index in [1.807, 2.05) is 56.0 Å². The number of nitrogens with one attached hydrogen (secondary N) is 1. The van der Waals surface area contributed by atoms with Crippen LogP contribution in [0.15, 0.2) is 64.2 Å². The van der Waals surface area contributed by atoms with Crippen molar-refractivity contribution in [2.24, 2.45) is 0 Å². The number of thioether (sulfide) groups is 1. The lowest BCUT2D eigenvalue weighted by molar-refractivity contribution is -0.133. The molecule has 3 aromatic rings. The van der Waals surface area contributed by atoms with Crippen LogP contribution in [0.1, 0.15) is 26.3 Å². The minimum Gasteiger partial charge on any atom is -0.411 e. The molecule has 0 fully saturated rings. The molecule has 170 valence electrons. The van der Waals surface area contributed by atoms with E-state index in [4.69, 9.17) is 4.42 Å². The molecule has 0 unspecified atom stereocenters. The SMILES string of the molecule is CC(C)(C)N(Cc1ccccc1)C(=O)CSc1nnc(-c2ccc(NS(C)(=O)=O)cc2)o1. The highest BCUT2D eigenvalue weighted by molar-refractivity contribution is 7.99. The van der Waals surface area contributed by atoms with Gasteiger partial charge in [-0.2, -0.15) is 0 Å². The van der Waals surface area contributed by atoms with E-state index < -0.39 is 10.0 Å².